The van der Waals surface area contributed by atoms with Crippen molar-refractivity contribution in [3.8, 4) is 5.75 Å². The molecule has 0 radical (unpaired) electrons. The molecule has 0 aliphatic rings. The minimum Gasteiger partial charge on any atom is -0.482 e. The van der Waals surface area contributed by atoms with Gasteiger partial charge in [0.1, 0.15) is 5.75 Å². The van der Waals surface area contributed by atoms with Gasteiger partial charge in [-0.2, -0.15) is 0 Å². The molecule has 1 amide bonds. The molecule has 3 N–H and O–H groups in total. The average Bonchev–Trinajstić information content (AvgIpc) is 2.26. The summed E-state index contributed by atoms with van der Waals surface area (Å²) in [5, 5.41) is 2.82. The maximum atomic E-state index is 11.5. The van der Waals surface area contributed by atoms with Crippen LogP contribution < -0.4 is 15.8 Å². The second-order valence-corrected chi connectivity index (χ2v) is 5.49. The predicted molar refractivity (Wildman–Crippen MR) is 73.4 cm³/mol. The van der Waals surface area contributed by atoms with Crippen molar-refractivity contribution in [2.75, 3.05) is 18.9 Å². The highest BCUT2D eigenvalue weighted by Gasteiger charge is 2.10. The smallest absolute Gasteiger partial charge is 0.257 e. The van der Waals surface area contributed by atoms with Gasteiger partial charge < -0.3 is 15.8 Å². The number of hydrogen-bond acceptors (Lipinski definition) is 3. The Labute approximate surface area is 109 Å². The number of carbonyl (C=O) groups is 1. The molecule has 1 aromatic carbocycles. The van der Waals surface area contributed by atoms with E-state index < -0.39 is 0 Å². The third-order valence-electron chi connectivity index (χ3n) is 2.47. The van der Waals surface area contributed by atoms with E-state index in [1.54, 1.807) is 12.1 Å². The highest BCUT2D eigenvalue weighted by Crippen LogP contribution is 2.19. The topological polar surface area (TPSA) is 64.3 Å². The number of nitrogen functional groups attached to an aromatic ring is 1. The average molecular weight is 250 g/mol. The highest BCUT2D eigenvalue weighted by molar-refractivity contribution is 5.77. The van der Waals surface area contributed by atoms with Crippen LogP contribution in [0.4, 0.5) is 5.69 Å². The second kappa shape index (κ2) is 6.28. The minimum atomic E-state index is -0.123. The van der Waals surface area contributed by atoms with Crippen molar-refractivity contribution in [3.05, 3.63) is 24.3 Å². The number of carbonyl (C=O) groups excluding carboxylic acids is 1. The molecular formula is C14H22N2O2. The van der Waals surface area contributed by atoms with E-state index in [-0.39, 0.29) is 17.9 Å². The van der Waals surface area contributed by atoms with E-state index in [0.717, 1.165) is 6.42 Å². The predicted octanol–water partition coefficient (Wildman–Crippen LogP) is 2.20. The molecule has 0 aliphatic carbocycles. The van der Waals surface area contributed by atoms with Gasteiger partial charge in [0.25, 0.3) is 5.91 Å². The Balaban J connectivity index is 2.28. The number of nitrogens with two attached hydrogens (primary N) is 1. The number of rotatable bonds is 5. The van der Waals surface area contributed by atoms with Gasteiger partial charge in [-0.1, -0.05) is 32.9 Å². The van der Waals surface area contributed by atoms with Crippen LogP contribution in [0.25, 0.3) is 0 Å². The molecule has 0 atom stereocenters. The lowest BCUT2D eigenvalue weighted by Gasteiger charge is -2.18. The summed E-state index contributed by atoms with van der Waals surface area (Å²) in [5.74, 6) is 0.422. The third kappa shape index (κ3) is 5.57. The third-order valence-corrected chi connectivity index (χ3v) is 2.47. The molecule has 0 spiro atoms. The van der Waals surface area contributed by atoms with Crippen molar-refractivity contribution in [2.45, 2.75) is 27.2 Å². The maximum Gasteiger partial charge on any atom is 0.257 e. The molecule has 0 unspecified atom stereocenters. The molecular weight excluding hydrogens is 228 g/mol. The van der Waals surface area contributed by atoms with Crippen LogP contribution in [0.3, 0.4) is 0 Å². The fourth-order valence-electron chi connectivity index (χ4n) is 1.38. The van der Waals surface area contributed by atoms with E-state index >= 15 is 0 Å². The van der Waals surface area contributed by atoms with Gasteiger partial charge in [-0.3, -0.25) is 4.79 Å². The molecule has 0 heterocycles. The molecule has 4 heteroatoms. The van der Waals surface area contributed by atoms with Crippen LogP contribution in [-0.2, 0) is 4.79 Å². The number of benzene rings is 1. The highest BCUT2D eigenvalue weighted by atomic mass is 16.5. The fourth-order valence-corrected chi connectivity index (χ4v) is 1.38. The van der Waals surface area contributed by atoms with Crippen molar-refractivity contribution in [3.63, 3.8) is 0 Å². The van der Waals surface area contributed by atoms with Crippen LogP contribution in [-0.4, -0.2) is 19.1 Å². The first-order valence-electron chi connectivity index (χ1n) is 6.12. The van der Waals surface area contributed by atoms with Crippen molar-refractivity contribution in [1.29, 1.82) is 0 Å². The summed E-state index contributed by atoms with van der Waals surface area (Å²) >= 11 is 0. The summed E-state index contributed by atoms with van der Waals surface area (Å²) in [7, 11) is 0. The zero-order chi connectivity index (χ0) is 13.6. The first-order chi connectivity index (χ1) is 8.38. The summed E-state index contributed by atoms with van der Waals surface area (Å²) in [6, 6.07) is 7.14. The van der Waals surface area contributed by atoms with E-state index in [9.17, 15) is 4.79 Å². The first-order valence-corrected chi connectivity index (χ1v) is 6.12. The quantitative estimate of drug-likeness (QED) is 0.787. The molecule has 100 valence electrons. The fraction of sp³-hybridized carbons (Fsp3) is 0.500. The van der Waals surface area contributed by atoms with E-state index in [1.807, 2.05) is 12.1 Å². The summed E-state index contributed by atoms with van der Waals surface area (Å²) < 4.78 is 5.34. The summed E-state index contributed by atoms with van der Waals surface area (Å²) in [4.78, 5) is 11.5. The molecule has 0 aromatic heterocycles. The Morgan fingerprint density at radius 2 is 2.00 bits per heavy atom. The molecule has 1 aromatic rings. The zero-order valence-corrected chi connectivity index (χ0v) is 11.3. The number of ether oxygens (including phenoxy) is 1. The van der Waals surface area contributed by atoms with Gasteiger partial charge in [-0.15, -0.1) is 0 Å². The summed E-state index contributed by atoms with van der Waals surface area (Å²) in [6.45, 7) is 7.08. The maximum absolute atomic E-state index is 11.5. The molecule has 18 heavy (non-hydrogen) atoms. The number of nitrogens with one attached hydrogen (secondary N) is 1. The minimum absolute atomic E-state index is 0.00163. The van der Waals surface area contributed by atoms with Crippen molar-refractivity contribution in [2.24, 2.45) is 5.41 Å². The van der Waals surface area contributed by atoms with Gasteiger partial charge in [-0.25, -0.2) is 0 Å². The van der Waals surface area contributed by atoms with Gasteiger partial charge in [0.05, 0.1) is 5.69 Å². The van der Waals surface area contributed by atoms with Crippen LogP contribution in [0, 0.1) is 5.41 Å². The molecule has 0 aliphatic heterocycles. The van der Waals surface area contributed by atoms with Crippen LogP contribution in [0.1, 0.15) is 27.2 Å². The lowest BCUT2D eigenvalue weighted by atomic mass is 9.92. The Morgan fingerprint density at radius 3 is 2.61 bits per heavy atom. The van der Waals surface area contributed by atoms with E-state index in [4.69, 9.17) is 10.5 Å². The Bertz CT molecular complexity index is 397. The molecule has 0 saturated carbocycles. The molecule has 4 nitrogen and oxygen atoms in total. The Kier molecular flexibility index (Phi) is 5.01. The molecule has 0 fully saturated rings. The second-order valence-electron chi connectivity index (χ2n) is 5.49. The number of amides is 1. The van der Waals surface area contributed by atoms with Crippen molar-refractivity contribution >= 4 is 11.6 Å². The normalized spacial score (nSPS) is 11.1. The van der Waals surface area contributed by atoms with Gasteiger partial charge in [0.2, 0.25) is 0 Å². The van der Waals surface area contributed by atoms with Crippen LogP contribution >= 0.6 is 0 Å². The van der Waals surface area contributed by atoms with Crippen LogP contribution in [0.5, 0.6) is 5.75 Å². The molecule has 1 rings (SSSR count). The van der Waals surface area contributed by atoms with Crippen molar-refractivity contribution in [1.82, 2.24) is 5.32 Å². The lowest BCUT2D eigenvalue weighted by molar-refractivity contribution is -0.123. The lowest BCUT2D eigenvalue weighted by Crippen LogP contribution is -2.31. The van der Waals surface area contributed by atoms with E-state index in [1.165, 1.54) is 0 Å². The monoisotopic (exact) mass is 250 g/mol. The first kappa shape index (κ1) is 14.4. The largest absolute Gasteiger partial charge is 0.482 e. The number of anilines is 1. The SMILES string of the molecule is CC(C)(C)CCNC(=O)COc1ccccc1N. The van der Waals surface area contributed by atoms with Gasteiger partial charge in [-0.05, 0) is 24.0 Å². The van der Waals surface area contributed by atoms with E-state index in [2.05, 4.69) is 26.1 Å². The van der Waals surface area contributed by atoms with Gasteiger partial charge in [0, 0.05) is 6.54 Å². The summed E-state index contributed by atoms with van der Waals surface area (Å²) in [6.07, 6.45) is 0.937. The zero-order valence-electron chi connectivity index (χ0n) is 11.3. The summed E-state index contributed by atoms with van der Waals surface area (Å²) in [5.41, 5.74) is 6.47. The standard InChI is InChI=1S/C14H22N2O2/c1-14(2,3)8-9-16-13(17)10-18-12-7-5-4-6-11(12)15/h4-7H,8-10,15H2,1-3H3,(H,16,17). The molecule has 0 bridgehead atoms. The number of hydrogen-bond donors (Lipinski definition) is 2. The molecule has 0 saturated heterocycles. The Hall–Kier alpha value is -1.71. The van der Waals surface area contributed by atoms with E-state index in [0.29, 0.717) is 18.0 Å². The van der Waals surface area contributed by atoms with Gasteiger partial charge >= 0.3 is 0 Å². The van der Waals surface area contributed by atoms with Gasteiger partial charge in [0.15, 0.2) is 6.61 Å². The Morgan fingerprint density at radius 1 is 1.33 bits per heavy atom. The number of para-hydroxylation sites is 2. The van der Waals surface area contributed by atoms with Crippen molar-refractivity contribution < 1.29 is 9.53 Å². The van der Waals surface area contributed by atoms with Crippen LogP contribution in [0.15, 0.2) is 24.3 Å². The van der Waals surface area contributed by atoms with Crippen LogP contribution in [0.2, 0.25) is 0 Å².